The number of urea groups is 1. The van der Waals surface area contributed by atoms with E-state index in [2.05, 4.69) is 18.5 Å². The molecule has 0 spiro atoms. The van der Waals surface area contributed by atoms with Crippen molar-refractivity contribution in [3.63, 3.8) is 0 Å². The first kappa shape index (κ1) is 25.7. The topological polar surface area (TPSA) is 248 Å². The average Bonchev–Trinajstić information content (AvgIpc) is 2.73. The highest BCUT2D eigenvalue weighted by atomic mass is 31.3. The fourth-order valence-electron chi connectivity index (χ4n) is 2.52. The van der Waals surface area contributed by atoms with Crippen molar-refractivity contribution in [2.45, 2.75) is 36.9 Å². The van der Waals surface area contributed by atoms with Gasteiger partial charge in [0.15, 0.2) is 6.10 Å². The van der Waals surface area contributed by atoms with Crippen LogP contribution in [0.2, 0.25) is 0 Å². The van der Waals surface area contributed by atoms with E-state index in [0.717, 1.165) is 0 Å². The number of alkyl halides is 2. The van der Waals surface area contributed by atoms with Crippen LogP contribution in [-0.2, 0) is 31.6 Å². The van der Waals surface area contributed by atoms with E-state index >= 15 is 0 Å². The Morgan fingerprint density at radius 2 is 1.80 bits per heavy atom. The monoisotopic (exact) mass is 507 g/mol. The minimum absolute atomic E-state index is 0.0734. The van der Waals surface area contributed by atoms with Gasteiger partial charge in [-0.3, -0.25) is 9.42 Å². The fraction of sp³-hybridized carbons (Fsp3) is 0.889. The van der Waals surface area contributed by atoms with Crippen LogP contribution in [0.5, 0.6) is 0 Å². The summed E-state index contributed by atoms with van der Waals surface area (Å²) in [6.45, 7) is -1.57. The fourth-order valence-corrected chi connectivity index (χ4v) is 5.55. The van der Waals surface area contributed by atoms with Crippen molar-refractivity contribution in [2.75, 3.05) is 13.2 Å². The second-order valence-corrected chi connectivity index (χ2v) is 10.5. The van der Waals surface area contributed by atoms with E-state index in [1.165, 1.54) is 0 Å². The molecule has 0 saturated carbocycles. The van der Waals surface area contributed by atoms with Crippen LogP contribution in [0.4, 0.5) is 13.6 Å². The van der Waals surface area contributed by atoms with Crippen LogP contribution >= 0.6 is 23.5 Å². The minimum Gasteiger partial charge on any atom is -0.384 e. The number of nitrogens with two attached hydrogens (primary N) is 1. The number of carbonyl (C=O) groups excluding carboxylic acids is 1. The number of phosphoric acid groups is 3. The first-order valence-electron chi connectivity index (χ1n) is 7.76. The lowest BCUT2D eigenvalue weighted by Gasteiger charge is -2.36. The Kier molecular flexibility index (Phi) is 7.49. The zero-order chi connectivity index (χ0) is 23.1. The molecule has 176 valence electrons. The highest BCUT2D eigenvalue weighted by Gasteiger charge is 2.62. The standard InChI is InChI=1S/C9H18F2N3O13P3/c10-9(11)6(15)4(25-7(9)14-2-1-5(12)13-8(14)16)3-24-29(20,21)27-30(22,23)26-28(17,18)19/h4-7,15H,1-3,12H2,(H,13,16)(H,20,21)(H,22,23)(H2,17,18,19)/t4-,5?,6+,7-/m1/s1. The molecule has 2 aliphatic heterocycles. The van der Waals surface area contributed by atoms with E-state index in [4.69, 9.17) is 25.2 Å². The summed E-state index contributed by atoms with van der Waals surface area (Å²) in [5.74, 6) is -4.05. The van der Waals surface area contributed by atoms with E-state index in [1.54, 1.807) is 0 Å². The van der Waals surface area contributed by atoms with E-state index in [1.807, 2.05) is 0 Å². The zero-order valence-electron chi connectivity index (χ0n) is 14.6. The quantitative estimate of drug-likeness (QED) is 0.190. The summed E-state index contributed by atoms with van der Waals surface area (Å²) in [4.78, 5) is 47.6. The molecule has 0 aromatic carbocycles. The third-order valence-electron chi connectivity index (χ3n) is 3.73. The number of amides is 2. The van der Waals surface area contributed by atoms with E-state index in [9.17, 15) is 37.3 Å². The lowest BCUT2D eigenvalue weighted by atomic mass is 10.1. The van der Waals surface area contributed by atoms with Crippen molar-refractivity contribution in [3.8, 4) is 0 Å². The summed E-state index contributed by atoms with van der Waals surface area (Å²) in [6, 6.07) is -1.01. The molecule has 6 atom stereocenters. The third kappa shape index (κ3) is 6.46. The largest absolute Gasteiger partial charge is 0.490 e. The highest BCUT2D eigenvalue weighted by Crippen LogP contribution is 2.66. The number of phosphoric ester groups is 1. The van der Waals surface area contributed by atoms with Gasteiger partial charge in [-0.15, -0.1) is 0 Å². The lowest BCUT2D eigenvalue weighted by molar-refractivity contribution is -0.156. The molecular formula is C9H18F2N3O13P3. The second kappa shape index (κ2) is 8.75. The van der Waals surface area contributed by atoms with Gasteiger partial charge in [-0.25, -0.2) is 18.5 Å². The molecule has 2 aliphatic rings. The summed E-state index contributed by atoms with van der Waals surface area (Å²) in [5, 5.41) is 11.9. The molecule has 2 fully saturated rings. The summed E-state index contributed by atoms with van der Waals surface area (Å²) < 4.78 is 78.0. The van der Waals surface area contributed by atoms with Gasteiger partial charge >= 0.3 is 35.4 Å². The summed E-state index contributed by atoms with van der Waals surface area (Å²) in [5.41, 5.74) is 5.46. The van der Waals surface area contributed by atoms with E-state index in [0.29, 0.717) is 4.90 Å². The molecule has 2 heterocycles. The summed E-state index contributed by atoms with van der Waals surface area (Å²) >= 11 is 0. The Morgan fingerprint density at radius 1 is 1.20 bits per heavy atom. The highest BCUT2D eigenvalue weighted by molar-refractivity contribution is 7.66. The summed E-state index contributed by atoms with van der Waals surface area (Å²) in [6.07, 6.45) is -7.66. The second-order valence-electron chi connectivity index (χ2n) is 6.07. The molecule has 2 saturated heterocycles. The van der Waals surface area contributed by atoms with Crippen LogP contribution in [0.3, 0.4) is 0 Å². The number of aliphatic hydroxyl groups excluding tert-OH is 1. The first-order chi connectivity index (χ1) is 13.4. The molecular weight excluding hydrogens is 489 g/mol. The molecule has 16 nitrogen and oxygen atoms in total. The number of ether oxygens (including phenoxy) is 1. The zero-order valence-corrected chi connectivity index (χ0v) is 17.2. The van der Waals surface area contributed by atoms with Gasteiger partial charge in [0.2, 0.25) is 6.23 Å². The molecule has 2 rings (SSSR count). The molecule has 0 aromatic heterocycles. The average molecular weight is 507 g/mol. The van der Waals surface area contributed by atoms with Crippen LogP contribution < -0.4 is 11.1 Å². The van der Waals surface area contributed by atoms with Gasteiger partial charge in [-0.05, 0) is 6.42 Å². The number of rotatable bonds is 8. The van der Waals surface area contributed by atoms with Crippen molar-refractivity contribution < 1.29 is 69.8 Å². The Morgan fingerprint density at radius 3 is 2.33 bits per heavy atom. The molecule has 8 N–H and O–H groups in total. The Bertz CT molecular complexity index is 810. The molecule has 30 heavy (non-hydrogen) atoms. The number of hydrogen-bond acceptors (Lipinski definition) is 10. The number of nitrogens with zero attached hydrogens (tertiary/aromatic N) is 1. The SMILES string of the molecule is NC1CCN([C@@H]2O[C@H](COP(=O)(O)OP(=O)(O)OP(=O)(O)O)[C@H](O)C2(F)F)C(=O)N1. The van der Waals surface area contributed by atoms with E-state index in [-0.39, 0.29) is 13.0 Å². The van der Waals surface area contributed by atoms with Gasteiger partial charge in [0.05, 0.1) is 12.8 Å². The summed E-state index contributed by atoms with van der Waals surface area (Å²) in [7, 11) is -17.0. The van der Waals surface area contributed by atoms with Crippen LogP contribution in [0, 0.1) is 0 Å². The van der Waals surface area contributed by atoms with Crippen LogP contribution in [0.25, 0.3) is 0 Å². The van der Waals surface area contributed by atoms with Crippen LogP contribution in [-0.4, -0.2) is 79.3 Å². The lowest BCUT2D eigenvalue weighted by Crippen LogP contribution is -2.61. The molecule has 2 amide bonds. The molecule has 0 aromatic rings. The van der Waals surface area contributed by atoms with Crippen molar-refractivity contribution in [1.29, 1.82) is 0 Å². The van der Waals surface area contributed by atoms with Crippen molar-refractivity contribution in [2.24, 2.45) is 5.73 Å². The molecule has 3 unspecified atom stereocenters. The molecule has 0 aliphatic carbocycles. The number of nitrogens with one attached hydrogen (secondary N) is 1. The Balaban J connectivity index is 2.03. The first-order valence-corrected chi connectivity index (χ1v) is 12.3. The maximum Gasteiger partial charge on any atom is 0.490 e. The Hall–Kier alpha value is -0.580. The Labute approximate surface area is 166 Å². The van der Waals surface area contributed by atoms with Crippen LogP contribution in [0.15, 0.2) is 0 Å². The van der Waals surface area contributed by atoms with Gasteiger partial charge < -0.3 is 40.5 Å². The number of carbonyl (C=O) groups is 1. The van der Waals surface area contributed by atoms with Crippen molar-refractivity contribution >= 4 is 29.5 Å². The smallest absolute Gasteiger partial charge is 0.384 e. The van der Waals surface area contributed by atoms with Gasteiger partial charge in [0.1, 0.15) is 6.10 Å². The van der Waals surface area contributed by atoms with E-state index < -0.39 is 66.6 Å². The predicted octanol–water partition coefficient (Wildman–Crippen LogP) is -1.25. The normalized spacial score (nSPS) is 33.6. The minimum atomic E-state index is -5.81. The third-order valence-corrected chi connectivity index (χ3v) is 7.53. The van der Waals surface area contributed by atoms with Crippen molar-refractivity contribution in [3.05, 3.63) is 0 Å². The number of hydrogen-bond donors (Lipinski definition) is 7. The van der Waals surface area contributed by atoms with Crippen LogP contribution in [0.1, 0.15) is 6.42 Å². The predicted molar refractivity (Wildman–Crippen MR) is 87.3 cm³/mol. The number of halogens is 2. The van der Waals surface area contributed by atoms with Crippen molar-refractivity contribution in [1.82, 2.24) is 10.2 Å². The van der Waals surface area contributed by atoms with Gasteiger partial charge in [-0.2, -0.15) is 17.4 Å². The van der Waals surface area contributed by atoms with Gasteiger partial charge in [-0.1, -0.05) is 0 Å². The molecule has 0 radical (unpaired) electrons. The van der Waals surface area contributed by atoms with Gasteiger partial charge in [0.25, 0.3) is 0 Å². The maximum absolute atomic E-state index is 14.3. The number of aliphatic hydroxyl groups is 1. The maximum atomic E-state index is 14.3. The van der Waals surface area contributed by atoms with Gasteiger partial charge in [0, 0.05) is 6.54 Å². The molecule has 0 bridgehead atoms. The molecule has 21 heteroatoms.